The van der Waals surface area contributed by atoms with Crippen LogP contribution in [-0.2, 0) is 6.42 Å². The minimum atomic E-state index is -0.230. The third-order valence-corrected chi connectivity index (χ3v) is 3.66. The van der Waals surface area contributed by atoms with Crippen LogP contribution in [0.3, 0.4) is 0 Å². The van der Waals surface area contributed by atoms with Gasteiger partial charge in [0.2, 0.25) is 0 Å². The molecule has 18 heavy (non-hydrogen) atoms. The van der Waals surface area contributed by atoms with E-state index in [1.165, 1.54) is 16.3 Å². The molecule has 0 aromatic heterocycles. The van der Waals surface area contributed by atoms with Gasteiger partial charge in [-0.15, -0.1) is 0 Å². The molecule has 0 amide bonds. The number of aliphatic hydroxyl groups excluding tert-OH is 1. The minimum Gasteiger partial charge on any atom is -0.393 e. The smallest absolute Gasteiger partial charge is 0.0606 e. The Bertz CT molecular complexity index is 504. The van der Waals surface area contributed by atoms with Crippen molar-refractivity contribution in [3.63, 3.8) is 0 Å². The number of benzene rings is 2. The van der Waals surface area contributed by atoms with Gasteiger partial charge in [0.25, 0.3) is 0 Å². The summed E-state index contributed by atoms with van der Waals surface area (Å²) in [6.07, 6.45) is 2.75. The molecule has 0 saturated carbocycles. The third kappa shape index (κ3) is 3.11. The summed E-state index contributed by atoms with van der Waals surface area (Å²) in [6, 6.07) is 14.8. The summed E-state index contributed by atoms with van der Waals surface area (Å²) >= 11 is 0. The summed E-state index contributed by atoms with van der Waals surface area (Å²) in [5.41, 5.74) is 1.23. The van der Waals surface area contributed by atoms with E-state index in [1.54, 1.807) is 0 Å². The van der Waals surface area contributed by atoms with Crippen molar-refractivity contribution >= 4 is 10.8 Å². The zero-order valence-electron chi connectivity index (χ0n) is 11.3. The van der Waals surface area contributed by atoms with Gasteiger partial charge in [-0.05, 0) is 35.1 Å². The first-order valence-corrected chi connectivity index (χ1v) is 6.86. The number of rotatable bonds is 5. The van der Waals surface area contributed by atoms with E-state index in [9.17, 15) is 5.11 Å². The van der Waals surface area contributed by atoms with E-state index in [0.29, 0.717) is 5.92 Å². The molecule has 0 spiro atoms. The van der Waals surface area contributed by atoms with Crippen LogP contribution in [0.1, 0.15) is 32.3 Å². The summed E-state index contributed by atoms with van der Waals surface area (Å²) in [5, 5.41) is 12.7. The monoisotopic (exact) mass is 242 g/mol. The van der Waals surface area contributed by atoms with Crippen molar-refractivity contribution in [2.24, 2.45) is 5.92 Å². The van der Waals surface area contributed by atoms with Crippen LogP contribution in [0, 0.1) is 5.92 Å². The van der Waals surface area contributed by atoms with Gasteiger partial charge in [-0.25, -0.2) is 0 Å². The molecule has 0 aliphatic carbocycles. The van der Waals surface area contributed by atoms with Gasteiger partial charge in [-0.1, -0.05) is 62.7 Å². The Kier molecular flexibility index (Phi) is 4.38. The Morgan fingerprint density at radius 3 is 2.50 bits per heavy atom. The first-order chi connectivity index (χ1) is 8.70. The molecule has 0 heterocycles. The second-order valence-electron chi connectivity index (χ2n) is 5.22. The molecular weight excluding hydrogens is 220 g/mol. The first-order valence-electron chi connectivity index (χ1n) is 6.86. The van der Waals surface area contributed by atoms with Gasteiger partial charge < -0.3 is 5.11 Å². The van der Waals surface area contributed by atoms with Gasteiger partial charge in [0, 0.05) is 0 Å². The fraction of sp³-hybridized carbons (Fsp3) is 0.412. The Morgan fingerprint density at radius 1 is 1.06 bits per heavy atom. The number of hydrogen-bond acceptors (Lipinski definition) is 1. The predicted molar refractivity (Wildman–Crippen MR) is 77.7 cm³/mol. The van der Waals surface area contributed by atoms with Gasteiger partial charge in [0.15, 0.2) is 0 Å². The lowest BCUT2D eigenvalue weighted by Crippen LogP contribution is -2.20. The van der Waals surface area contributed by atoms with Crippen molar-refractivity contribution in [2.75, 3.05) is 0 Å². The van der Waals surface area contributed by atoms with Crippen LogP contribution < -0.4 is 0 Å². The average Bonchev–Trinajstić information content (AvgIpc) is 2.39. The highest BCUT2D eigenvalue weighted by Crippen LogP contribution is 2.19. The number of fused-ring (bicyclic) bond motifs is 1. The van der Waals surface area contributed by atoms with E-state index >= 15 is 0 Å². The molecule has 0 aliphatic rings. The number of aliphatic hydroxyl groups is 1. The largest absolute Gasteiger partial charge is 0.393 e. The molecule has 1 N–H and O–H groups in total. The molecule has 1 heteroatoms. The highest BCUT2D eigenvalue weighted by molar-refractivity contribution is 5.82. The second-order valence-corrected chi connectivity index (χ2v) is 5.22. The van der Waals surface area contributed by atoms with Crippen LogP contribution in [0.2, 0.25) is 0 Å². The summed E-state index contributed by atoms with van der Waals surface area (Å²) in [7, 11) is 0. The standard InChI is InChI=1S/C17H22O/c1-3-6-13(2)17(18)12-14-9-10-15-7-4-5-8-16(15)11-14/h4-5,7-11,13,17-18H,3,6,12H2,1-2H3. The Labute approximate surface area is 109 Å². The van der Waals surface area contributed by atoms with E-state index < -0.39 is 0 Å². The zero-order valence-corrected chi connectivity index (χ0v) is 11.3. The summed E-state index contributed by atoms with van der Waals surface area (Å²) in [6.45, 7) is 4.30. The quantitative estimate of drug-likeness (QED) is 0.834. The van der Waals surface area contributed by atoms with Crippen LogP contribution in [0.25, 0.3) is 10.8 Å². The Morgan fingerprint density at radius 2 is 1.78 bits per heavy atom. The van der Waals surface area contributed by atoms with E-state index in [1.807, 2.05) is 0 Å². The summed E-state index contributed by atoms with van der Waals surface area (Å²) in [5.74, 6) is 0.376. The highest BCUT2D eigenvalue weighted by atomic mass is 16.3. The van der Waals surface area contributed by atoms with Gasteiger partial charge in [-0.2, -0.15) is 0 Å². The number of hydrogen-bond donors (Lipinski definition) is 1. The van der Waals surface area contributed by atoms with Crippen molar-refractivity contribution in [1.29, 1.82) is 0 Å². The maximum absolute atomic E-state index is 10.2. The van der Waals surface area contributed by atoms with Gasteiger partial charge in [0.05, 0.1) is 6.10 Å². The molecule has 2 aromatic rings. The van der Waals surface area contributed by atoms with Crippen molar-refractivity contribution in [2.45, 2.75) is 39.2 Å². The molecular formula is C17H22O. The van der Waals surface area contributed by atoms with E-state index in [-0.39, 0.29) is 6.10 Å². The van der Waals surface area contributed by atoms with Gasteiger partial charge in [-0.3, -0.25) is 0 Å². The normalized spacial score (nSPS) is 14.6. The zero-order chi connectivity index (χ0) is 13.0. The molecule has 0 aliphatic heterocycles. The summed E-state index contributed by atoms with van der Waals surface area (Å²) in [4.78, 5) is 0. The predicted octanol–water partition coefficient (Wildman–Crippen LogP) is 4.18. The van der Waals surface area contributed by atoms with Crippen LogP contribution in [-0.4, -0.2) is 11.2 Å². The fourth-order valence-corrected chi connectivity index (χ4v) is 2.46. The molecule has 2 aromatic carbocycles. The second kappa shape index (κ2) is 6.01. The lowest BCUT2D eigenvalue weighted by Gasteiger charge is -2.18. The molecule has 0 fully saturated rings. The van der Waals surface area contributed by atoms with E-state index in [4.69, 9.17) is 0 Å². The third-order valence-electron chi connectivity index (χ3n) is 3.66. The maximum Gasteiger partial charge on any atom is 0.0606 e. The fourth-order valence-electron chi connectivity index (χ4n) is 2.46. The highest BCUT2D eigenvalue weighted by Gasteiger charge is 2.13. The topological polar surface area (TPSA) is 20.2 Å². The molecule has 2 rings (SSSR count). The van der Waals surface area contributed by atoms with Crippen LogP contribution >= 0.6 is 0 Å². The van der Waals surface area contributed by atoms with Crippen molar-refractivity contribution in [1.82, 2.24) is 0 Å². The van der Waals surface area contributed by atoms with Gasteiger partial charge >= 0.3 is 0 Å². The molecule has 1 nitrogen and oxygen atoms in total. The molecule has 2 atom stereocenters. The van der Waals surface area contributed by atoms with Crippen LogP contribution in [0.15, 0.2) is 42.5 Å². The molecule has 0 bridgehead atoms. The van der Waals surface area contributed by atoms with Crippen molar-refractivity contribution in [3.8, 4) is 0 Å². The first kappa shape index (κ1) is 13.1. The van der Waals surface area contributed by atoms with Crippen LogP contribution in [0.4, 0.5) is 0 Å². The lowest BCUT2D eigenvalue weighted by molar-refractivity contribution is 0.112. The van der Waals surface area contributed by atoms with Gasteiger partial charge in [0.1, 0.15) is 0 Å². The molecule has 0 radical (unpaired) electrons. The SMILES string of the molecule is CCCC(C)C(O)Cc1ccc2ccccc2c1. The van der Waals surface area contributed by atoms with Crippen molar-refractivity contribution < 1.29 is 5.11 Å². The minimum absolute atomic E-state index is 0.230. The van der Waals surface area contributed by atoms with E-state index in [2.05, 4.69) is 56.3 Å². The molecule has 96 valence electrons. The average molecular weight is 242 g/mol. The molecule has 0 saturated heterocycles. The van der Waals surface area contributed by atoms with Crippen molar-refractivity contribution in [3.05, 3.63) is 48.0 Å². The Balaban J connectivity index is 2.12. The maximum atomic E-state index is 10.2. The Hall–Kier alpha value is -1.34. The molecule has 2 unspecified atom stereocenters. The van der Waals surface area contributed by atoms with E-state index in [0.717, 1.165) is 19.3 Å². The lowest BCUT2D eigenvalue weighted by atomic mass is 9.93. The van der Waals surface area contributed by atoms with Crippen LogP contribution in [0.5, 0.6) is 0 Å². The summed E-state index contributed by atoms with van der Waals surface area (Å²) < 4.78 is 0.